The van der Waals surface area contributed by atoms with Gasteiger partial charge in [-0.1, -0.05) is 18.2 Å². The maximum Gasteiger partial charge on any atom is 0.266 e. The van der Waals surface area contributed by atoms with Crippen molar-refractivity contribution in [2.24, 2.45) is 0 Å². The Kier molecular flexibility index (Phi) is 2.58. The number of nitrogens with one attached hydrogen (secondary N) is 2. The molecule has 0 atom stereocenters. The third kappa shape index (κ3) is 1.92. The highest BCUT2D eigenvalue weighted by atomic mass is 16.1. The van der Waals surface area contributed by atoms with E-state index in [1.165, 1.54) is 0 Å². The number of carbonyl (C=O) groups excluding carboxylic acids is 1. The van der Waals surface area contributed by atoms with Gasteiger partial charge in [-0.3, -0.25) is 4.79 Å². The zero-order chi connectivity index (χ0) is 8.97. The SMILES string of the molecule is Cc1ccccc1NC(=O)C=N. The van der Waals surface area contributed by atoms with Crippen LogP contribution in [0.2, 0.25) is 0 Å². The van der Waals surface area contributed by atoms with E-state index >= 15 is 0 Å². The van der Waals surface area contributed by atoms with E-state index in [2.05, 4.69) is 5.32 Å². The second kappa shape index (κ2) is 3.67. The quantitative estimate of drug-likeness (QED) is 0.637. The Hall–Kier alpha value is -1.64. The lowest BCUT2D eigenvalue weighted by Crippen LogP contribution is -2.12. The molecule has 0 aromatic heterocycles. The molecule has 1 aromatic carbocycles. The van der Waals surface area contributed by atoms with Crippen molar-refractivity contribution in [3.05, 3.63) is 29.8 Å². The van der Waals surface area contributed by atoms with E-state index in [-0.39, 0.29) is 0 Å². The van der Waals surface area contributed by atoms with Gasteiger partial charge in [0.1, 0.15) is 0 Å². The molecule has 1 rings (SSSR count). The summed E-state index contributed by atoms with van der Waals surface area (Å²) in [5.74, 6) is -0.399. The van der Waals surface area contributed by atoms with Crippen molar-refractivity contribution in [3.63, 3.8) is 0 Å². The third-order valence-corrected chi connectivity index (χ3v) is 1.53. The molecule has 2 N–H and O–H groups in total. The number of para-hydroxylation sites is 1. The average molecular weight is 162 g/mol. The first kappa shape index (κ1) is 8.46. The standard InChI is InChI=1S/C9H10N2O/c1-7-4-2-3-5-8(7)11-9(12)6-10/h2-6,10H,1H3,(H,11,12). The lowest BCUT2D eigenvalue weighted by Gasteiger charge is -2.03. The molecule has 12 heavy (non-hydrogen) atoms. The molecule has 0 aliphatic heterocycles. The molecule has 0 aliphatic rings. The largest absolute Gasteiger partial charge is 0.321 e. The number of benzene rings is 1. The smallest absolute Gasteiger partial charge is 0.266 e. The predicted octanol–water partition coefficient (Wildman–Crippen LogP) is 1.58. The second-order valence-electron chi connectivity index (χ2n) is 2.45. The number of hydrogen-bond donors (Lipinski definition) is 2. The second-order valence-corrected chi connectivity index (χ2v) is 2.45. The van der Waals surface area contributed by atoms with Crippen LogP contribution < -0.4 is 5.32 Å². The monoisotopic (exact) mass is 162 g/mol. The van der Waals surface area contributed by atoms with Crippen LogP contribution in [0.5, 0.6) is 0 Å². The zero-order valence-electron chi connectivity index (χ0n) is 6.79. The number of aryl methyl sites for hydroxylation is 1. The minimum atomic E-state index is -0.399. The first-order valence-electron chi connectivity index (χ1n) is 3.61. The van der Waals surface area contributed by atoms with Gasteiger partial charge in [-0.05, 0) is 18.6 Å². The van der Waals surface area contributed by atoms with E-state index in [0.717, 1.165) is 17.5 Å². The van der Waals surface area contributed by atoms with E-state index < -0.39 is 5.91 Å². The van der Waals surface area contributed by atoms with Gasteiger partial charge in [0.25, 0.3) is 5.91 Å². The van der Waals surface area contributed by atoms with Crippen molar-refractivity contribution in [1.82, 2.24) is 0 Å². The van der Waals surface area contributed by atoms with Crippen LogP contribution in [0, 0.1) is 12.3 Å². The summed E-state index contributed by atoms with van der Waals surface area (Å²) in [5.41, 5.74) is 1.75. The molecule has 3 heteroatoms. The maximum atomic E-state index is 10.8. The molecule has 0 unspecified atom stereocenters. The summed E-state index contributed by atoms with van der Waals surface area (Å²) in [4.78, 5) is 10.8. The van der Waals surface area contributed by atoms with E-state index in [9.17, 15) is 4.79 Å². The van der Waals surface area contributed by atoms with E-state index in [0.29, 0.717) is 0 Å². The Balaban J connectivity index is 2.82. The normalized spacial score (nSPS) is 9.08. The van der Waals surface area contributed by atoms with Crippen molar-refractivity contribution in [1.29, 1.82) is 5.41 Å². The molecule has 0 spiro atoms. The fraction of sp³-hybridized carbons (Fsp3) is 0.111. The first-order chi connectivity index (χ1) is 5.74. The summed E-state index contributed by atoms with van der Waals surface area (Å²) >= 11 is 0. The average Bonchev–Trinajstić information content (AvgIpc) is 2.09. The van der Waals surface area contributed by atoms with Crippen molar-refractivity contribution >= 4 is 17.8 Å². The summed E-state index contributed by atoms with van der Waals surface area (Å²) < 4.78 is 0. The first-order valence-corrected chi connectivity index (χ1v) is 3.61. The summed E-state index contributed by atoms with van der Waals surface area (Å²) in [6.07, 6.45) is 0.756. The lowest BCUT2D eigenvalue weighted by molar-refractivity contribution is -0.110. The van der Waals surface area contributed by atoms with E-state index in [4.69, 9.17) is 5.41 Å². The highest BCUT2D eigenvalue weighted by Crippen LogP contribution is 2.12. The highest BCUT2D eigenvalue weighted by molar-refractivity contribution is 6.30. The van der Waals surface area contributed by atoms with Crippen molar-refractivity contribution < 1.29 is 4.79 Å². The Morgan fingerprint density at radius 2 is 2.17 bits per heavy atom. The van der Waals surface area contributed by atoms with Gasteiger partial charge in [0.2, 0.25) is 0 Å². The molecule has 1 aromatic rings. The fourth-order valence-electron chi connectivity index (χ4n) is 0.882. The Morgan fingerprint density at radius 3 is 2.75 bits per heavy atom. The molecular formula is C9H10N2O. The Bertz CT molecular complexity index is 307. The van der Waals surface area contributed by atoms with Crippen molar-refractivity contribution in [3.8, 4) is 0 Å². The van der Waals surface area contributed by atoms with Gasteiger partial charge in [0.15, 0.2) is 0 Å². The van der Waals surface area contributed by atoms with Crippen LogP contribution in [0.3, 0.4) is 0 Å². The topological polar surface area (TPSA) is 53.0 Å². The van der Waals surface area contributed by atoms with Gasteiger partial charge in [-0.15, -0.1) is 0 Å². The summed E-state index contributed by atoms with van der Waals surface area (Å²) in [6.45, 7) is 1.90. The van der Waals surface area contributed by atoms with Crippen LogP contribution in [-0.2, 0) is 4.79 Å². The predicted molar refractivity (Wildman–Crippen MR) is 48.6 cm³/mol. The summed E-state index contributed by atoms with van der Waals surface area (Å²) in [5, 5.41) is 9.27. The molecule has 0 aliphatic carbocycles. The number of carbonyl (C=O) groups is 1. The summed E-state index contributed by atoms with van der Waals surface area (Å²) in [6, 6.07) is 7.44. The number of hydrogen-bond acceptors (Lipinski definition) is 2. The molecule has 0 bridgehead atoms. The Morgan fingerprint density at radius 1 is 1.50 bits per heavy atom. The van der Waals surface area contributed by atoms with Gasteiger partial charge >= 0.3 is 0 Å². The van der Waals surface area contributed by atoms with E-state index in [1.54, 1.807) is 6.07 Å². The number of amides is 1. The van der Waals surface area contributed by atoms with Crippen molar-refractivity contribution in [2.75, 3.05) is 5.32 Å². The van der Waals surface area contributed by atoms with Crippen LogP contribution in [0.1, 0.15) is 5.56 Å². The molecule has 0 saturated carbocycles. The van der Waals surface area contributed by atoms with Crippen LogP contribution >= 0.6 is 0 Å². The van der Waals surface area contributed by atoms with E-state index in [1.807, 2.05) is 25.1 Å². The van der Waals surface area contributed by atoms with Crippen molar-refractivity contribution in [2.45, 2.75) is 6.92 Å². The van der Waals surface area contributed by atoms with Crippen LogP contribution in [0.25, 0.3) is 0 Å². The molecular weight excluding hydrogens is 152 g/mol. The zero-order valence-corrected chi connectivity index (χ0v) is 6.79. The fourth-order valence-corrected chi connectivity index (χ4v) is 0.882. The highest BCUT2D eigenvalue weighted by Gasteiger charge is 1.98. The molecule has 1 amide bonds. The molecule has 0 fully saturated rings. The molecule has 0 radical (unpaired) electrons. The molecule has 3 nitrogen and oxygen atoms in total. The minimum absolute atomic E-state index is 0.399. The van der Waals surface area contributed by atoms with Crippen LogP contribution in [0.15, 0.2) is 24.3 Å². The van der Waals surface area contributed by atoms with Crippen LogP contribution in [0.4, 0.5) is 5.69 Å². The van der Waals surface area contributed by atoms with Gasteiger partial charge < -0.3 is 10.7 Å². The van der Waals surface area contributed by atoms with Gasteiger partial charge in [0, 0.05) is 5.69 Å². The number of anilines is 1. The lowest BCUT2D eigenvalue weighted by atomic mass is 10.2. The molecule has 0 heterocycles. The summed E-state index contributed by atoms with van der Waals surface area (Å²) in [7, 11) is 0. The third-order valence-electron chi connectivity index (χ3n) is 1.53. The Labute approximate surface area is 70.9 Å². The molecule has 62 valence electrons. The number of rotatable bonds is 2. The van der Waals surface area contributed by atoms with Gasteiger partial charge in [-0.25, -0.2) is 0 Å². The minimum Gasteiger partial charge on any atom is -0.321 e. The van der Waals surface area contributed by atoms with Gasteiger partial charge in [-0.2, -0.15) is 0 Å². The molecule has 0 saturated heterocycles. The van der Waals surface area contributed by atoms with Crippen LogP contribution in [-0.4, -0.2) is 12.1 Å². The van der Waals surface area contributed by atoms with Gasteiger partial charge in [0.05, 0.1) is 6.21 Å². The maximum absolute atomic E-state index is 10.8.